The fourth-order valence-electron chi connectivity index (χ4n) is 3.57. The zero-order valence-electron chi connectivity index (χ0n) is 12.0. The van der Waals surface area contributed by atoms with Crippen LogP contribution in [-0.4, -0.2) is 5.91 Å². The highest BCUT2D eigenvalue weighted by Gasteiger charge is 2.39. The average Bonchev–Trinajstić information content (AvgIpc) is 2.90. The third kappa shape index (κ3) is 3.49. The van der Waals surface area contributed by atoms with E-state index in [1.807, 2.05) is 0 Å². The standard InChI is InChI=1S/C17H27NO/c18-16(19)17(15-11-7-8-12-15)13-9-5-3-1-2-4-6-10-14-17/h7-8,11H,1-6,9-10,12-14H2,(H2,18,19). The van der Waals surface area contributed by atoms with Crippen LogP contribution in [0.4, 0.5) is 0 Å². The molecule has 0 aliphatic heterocycles. The molecule has 106 valence electrons. The molecule has 0 aromatic heterocycles. The van der Waals surface area contributed by atoms with Crippen molar-refractivity contribution >= 4 is 5.91 Å². The molecule has 2 N–H and O–H groups in total. The smallest absolute Gasteiger partial charge is 0.227 e. The molecular weight excluding hydrogens is 234 g/mol. The second-order valence-corrected chi connectivity index (χ2v) is 6.10. The Morgan fingerprint density at radius 2 is 1.47 bits per heavy atom. The molecule has 0 spiro atoms. The molecule has 1 amide bonds. The number of hydrogen-bond acceptors (Lipinski definition) is 1. The summed E-state index contributed by atoms with van der Waals surface area (Å²) in [5.41, 5.74) is 6.73. The normalized spacial score (nSPS) is 24.5. The summed E-state index contributed by atoms with van der Waals surface area (Å²) < 4.78 is 0. The molecule has 0 unspecified atom stereocenters. The zero-order valence-corrected chi connectivity index (χ0v) is 12.0. The molecule has 0 atom stereocenters. The highest BCUT2D eigenvalue weighted by Crippen LogP contribution is 2.42. The molecule has 19 heavy (non-hydrogen) atoms. The van der Waals surface area contributed by atoms with E-state index < -0.39 is 0 Å². The number of primary amides is 1. The maximum Gasteiger partial charge on any atom is 0.227 e. The van der Waals surface area contributed by atoms with Crippen molar-refractivity contribution in [1.29, 1.82) is 0 Å². The number of rotatable bonds is 2. The van der Waals surface area contributed by atoms with Gasteiger partial charge < -0.3 is 5.73 Å². The molecule has 0 aromatic carbocycles. The van der Waals surface area contributed by atoms with Gasteiger partial charge in [-0.1, -0.05) is 75.2 Å². The summed E-state index contributed by atoms with van der Waals surface area (Å²) in [4.78, 5) is 12.2. The largest absolute Gasteiger partial charge is 0.369 e. The molecule has 0 bridgehead atoms. The molecule has 2 aliphatic carbocycles. The lowest BCUT2D eigenvalue weighted by Gasteiger charge is -2.32. The second kappa shape index (κ2) is 6.93. The first-order chi connectivity index (χ1) is 9.26. The molecule has 0 heterocycles. The molecule has 2 heteroatoms. The van der Waals surface area contributed by atoms with Crippen molar-refractivity contribution in [3.8, 4) is 0 Å². The maximum absolute atomic E-state index is 12.2. The summed E-state index contributed by atoms with van der Waals surface area (Å²) in [6.07, 6.45) is 19.3. The number of carbonyl (C=O) groups excluding carboxylic acids is 1. The van der Waals surface area contributed by atoms with Gasteiger partial charge in [0, 0.05) is 0 Å². The summed E-state index contributed by atoms with van der Waals surface area (Å²) in [7, 11) is 0. The van der Waals surface area contributed by atoms with Crippen LogP contribution in [0.1, 0.15) is 70.6 Å². The van der Waals surface area contributed by atoms with E-state index in [1.165, 1.54) is 44.1 Å². The Balaban J connectivity index is 2.13. The van der Waals surface area contributed by atoms with Crippen LogP contribution in [0, 0.1) is 5.41 Å². The quantitative estimate of drug-likeness (QED) is 0.793. The minimum absolute atomic E-state index is 0.0957. The van der Waals surface area contributed by atoms with Crippen molar-refractivity contribution < 1.29 is 4.79 Å². The van der Waals surface area contributed by atoms with E-state index in [4.69, 9.17) is 5.73 Å². The summed E-state index contributed by atoms with van der Waals surface area (Å²) in [5, 5.41) is 0. The third-order valence-corrected chi connectivity index (χ3v) is 4.81. The first-order valence-electron chi connectivity index (χ1n) is 7.92. The van der Waals surface area contributed by atoms with Gasteiger partial charge in [-0.2, -0.15) is 0 Å². The van der Waals surface area contributed by atoms with E-state index in [0.717, 1.165) is 32.1 Å². The third-order valence-electron chi connectivity index (χ3n) is 4.81. The van der Waals surface area contributed by atoms with Gasteiger partial charge in [0.25, 0.3) is 0 Å². The van der Waals surface area contributed by atoms with Gasteiger partial charge in [0.2, 0.25) is 5.91 Å². The van der Waals surface area contributed by atoms with Crippen LogP contribution < -0.4 is 5.73 Å². The minimum Gasteiger partial charge on any atom is -0.369 e. The number of hydrogen-bond donors (Lipinski definition) is 1. The predicted molar refractivity (Wildman–Crippen MR) is 79.6 cm³/mol. The van der Waals surface area contributed by atoms with Crippen molar-refractivity contribution in [2.75, 3.05) is 0 Å². The van der Waals surface area contributed by atoms with Crippen molar-refractivity contribution in [1.82, 2.24) is 0 Å². The Hall–Kier alpha value is -1.05. The lowest BCUT2D eigenvalue weighted by atomic mass is 9.71. The highest BCUT2D eigenvalue weighted by molar-refractivity contribution is 5.84. The topological polar surface area (TPSA) is 43.1 Å². The Morgan fingerprint density at radius 1 is 0.947 bits per heavy atom. The minimum atomic E-state index is -0.353. The maximum atomic E-state index is 12.2. The van der Waals surface area contributed by atoms with E-state index in [2.05, 4.69) is 18.2 Å². The Labute approximate surface area is 117 Å². The lowest BCUT2D eigenvalue weighted by Crippen LogP contribution is -2.38. The predicted octanol–water partition coefficient (Wildman–Crippen LogP) is 4.26. The molecule has 1 fully saturated rings. The zero-order chi connectivity index (χ0) is 13.6. The Morgan fingerprint density at radius 3 is 1.89 bits per heavy atom. The monoisotopic (exact) mass is 261 g/mol. The van der Waals surface area contributed by atoms with Gasteiger partial charge in [0.15, 0.2) is 0 Å². The number of allylic oxidation sites excluding steroid dienone is 3. The van der Waals surface area contributed by atoms with Gasteiger partial charge >= 0.3 is 0 Å². The van der Waals surface area contributed by atoms with E-state index in [0.29, 0.717) is 0 Å². The lowest BCUT2D eigenvalue weighted by molar-refractivity contribution is -0.126. The van der Waals surface area contributed by atoms with Crippen LogP contribution in [0.15, 0.2) is 23.8 Å². The molecule has 2 aliphatic rings. The van der Waals surface area contributed by atoms with Crippen molar-refractivity contribution in [3.63, 3.8) is 0 Å². The average molecular weight is 261 g/mol. The van der Waals surface area contributed by atoms with Gasteiger partial charge in [0.1, 0.15) is 0 Å². The van der Waals surface area contributed by atoms with Gasteiger partial charge in [-0.3, -0.25) is 4.79 Å². The van der Waals surface area contributed by atoms with Gasteiger partial charge in [-0.15, -0.1) is 0 Å². The fourth-order valence-corrected chi connectivity index (χ4v) is 3.57. The van der Waals surface area contributed by atoms with Gasteiger partial charge in [0.05, 0.1) is 5.41 Å². The van der Waals surface area contributed by atoms with Crippen LogP contribution in [-0.2, 0) is 4.79 Å². The van der Waals surface area contributed by atoms with Crippen LogP contribution in [0.25, 0.3) is 0 Å². The number of amides is 1. The van der Waals surface area contributed by atoms with E-state index in [1.54, 1.807) is 0 Å². The Bertz CT molecular complexity index is 355. The van der Waals surface area contributed by atoms with Crippen LogP contribution in [0.5, 0.6) is 0 Å². The van der Waals surface area contributed by atoms with E-state index >= 15 is 0 Å². The molecule has 0 radical (unpaired) electrons. The molecule has 0 aromatic rings. The van der Waals surface area contributed by atoms with Crippen molar-refractivity contribution in [2.45, 2.75) is 70.6 Å². The second-order valence-electron chi connectivity index (χ2n) is 6.10. The molecule has 2 nitrogen and oxygen atoms in total. The molecule has 1 saturated carbocycles. The van der Waals surface area contributed by atoms with Crippen molar-refractivity contribution in [3.05, 3.63) is 23.8 Å². The van der Waals surface area contributed by atoms with Crippen molar-refractivity contribution in [2.24, 2.45) is 11.1 Å². The SMILES string of the molecule is NC(=O)C1(C2=CC=CC2)CCCCCCCCCC1. The van der Waals surface area contributed by atoms with Crippen LogP contribution >= 0.6 is 0 Å². The van der Waals surface area contributed by atoms with E-state index in [-0.39, 0.29) is 11.3 Å². The number of carbonyl (C=O) groups is 1. The van der Waals surface area contributed by atoms with Crippen LogP contribution in [0.3, 0.4) is 0 Å². The summed E-state index contributed by atoms with van der Waals surface area (Å²) in [6.45, 7) is 0. The van der Waals surface area contributed by atoms with Crippen LogP contribution in [0.2, 0.25) is 0 Å². The van der Waals surface area contributed by atoms with Gasteiger partial charge in [-0.25, -0.2) is 0 Å². The Kier molecular flexibility index (Phi) is 5.24. The summed E-state index contributed by atoms with van der Waals surface area (Å²) >= 11 is 0. The van der Waals surface area contributed by atoms with Gasteiger partial charge in [-0.05, 0) is 19.3 Å². The molecular formula is C17H27NO. The first-order valence-corrected chi connectivity index (χ1v) is 7.92. The first kappa shape index (κ1) is 14.4. The molecule has 2 rings (SSSR count). The fraction of sp³-hybridized carbons (Fsp3) is 0.706. The summed E-state index contributed by atoms with van der Waals surface area (Å²) in [5.74, 6) is -0.0957. The number of nitrogens with two attached hydrogens (primary N) is 1. The van der Waals surface area contributed by atoms with E-state index in [9.17, 15) is 4.79 Å². The summed E-state index contributed by atoms with van der Waals surface area (Å²) in [6, 6.07) is 0. The molecule has 0 saturated heterocycles. The highest BCUT2D eigenvalue weighted by atomic mass is 16.1.